The number of aromatic nitrogens is 4. The van der Waals surface area contributed by atoms with Crippen molar-refractivity contribution < 1.29 is 9.90 Å². The van der Waals surface area contributed by atoms with Gasteiger partial charge in [0, 0.05) is 10.9 Å². The van der Waals surface area contributed by atoms with Crippen LogP contribution in [-0.4, -0.2) is 31.3 Å². The number of rotatable bonds is 4. The van der Waals surface area contributed by atoms with Gasteiger partial charge in [-0.2, -0.15) is 0 Å². The van der Waals surface area contributed by atoms with Crippen molar-refractivity contribution in [3.05, 3.63) is 29.8 Å². The predicted molar refractivity (Wildman–Crippen MR) is 63.5 cm³/mol. The minimum absolute atomic E-state index is 0.247. The molecule has 1 aromatic heterocycles. The van der Waals surface area contributed by atoms with E-state index in [2.05, 4.69) is 31.5 Å². The largest absolute Gasteiger partial charge is 0.480 e. The molecule has 0 atom stereocenters. The second-order valence-electron chi connectivity index (χ2n) is 3.38. The number of alkyl halides is 1. The first-order valence-corrected chi connectivity index (χ1v) is 5.96. The molecule has 6 nitrogen and oxygen atoms in total. The maximum atomic E-state index is 10.6. The first kappa shape index (κ1) is 11.7. The second kappa shape index (κ2) is 5.05. The summed E-state index contributed by atoms with van der Waals surface area (Å²) in [5.41, 5.74) is 1.92. The lowest BCUT2D eigenvalue weighted by atomic mass is 10.1. The second-order valence-corrected chi connectivity index (χ2v) is 3.95. The summed E-state index contributed by atoms with van der Waals surface area (Å²) in [6.45, 7) is -0.247. The molecule has 0 aliphatic carbocycles. The van der Waals surface area contributed by atoms with E-state index in [0.29, 0.717) is 5.82 Å². The Morgan fingerprint density at radius 3 is 2.65 bits per heavy atom. The highest BCUT2D eigenvalue weighted by atomic mass is 79.9. The van der Waals surface area contributed by atoms with E-state index in [1.807, 2.05) is 24.3 Å². The molecule has 0 aliphatic rings. The Morgan fingerprint density at radius 1 is 1.35 bits per heavy atom. The number of carbonyl (C=O) groups is 1. The van der Waals surface area contributed by atoms with Crippen LogP contribution >= 0.6 is 15.9 Å². The van der Waals surface area contributed by atoms with Gasteiger partial charge in [0.25, 0.3) is 0 Å². The van der Waals surface area contributed by atoms with Crippen molar-refractivity contribution in [2.24, 2.45) is 0 Å². The van der Waals surface area contributed by atoms with Gasteiger partial charge >= 0.3 is 5.97 Å². The maximum Gasteiger partial charge on any atom is 0.325 e. The summed E-state index contributed by atoms with van der Waals surface area (Å²) in [4.78, 5) is 10.6. The number of hydrogen-bond acceptors (Lipinski definition) is 4. The van der Waals surface area contributed by atoms with E-state index < -0.39 is 5.97 Å². The number of tetrazole rings is 1. The summed E-state index contributed by atoms with van der Waals surface area (Å²) in [7, 11) is 0. The maximum absolute atomic E-state index is 10.6. The molecular weight excluding hydrogens is 288 g/mol. The number of carboxylic acid groups (broad SMARTS) is 1. The smallest absolute Gasteiger partial charge is 0.325 e. The first-order chi connectivity index (χ1) is 8.20. The van der Waals surface area contributed by atoms with Crippen LogP contribution in [0.25, 0.3) is 11.4 Å². The Kier molecular flexibility index (Phi) is 3.48. The van der Waals surface area contributed by atoms with Crippen molar-refractivity contribution in [2.75, 3.05) is 0 Å². The molecule has 0 spiro atoms. The average Bonchev–Trinajstić information content (AvgIpc) is 2.76. The Balaban J connectivity index is 2.32. The Bertz CT molecular complexity index is 523. The highest BCUT2D eigenvalue weighted by Crippen LogP contribution is 2.17. The molecule has 0 saturated carbocycles. The Morgan fingerprint density at radius 2 is 2.06 bits per heavy atom. The third-order valence-corrected chi connectivity index (χ3v) is 2.83. The van der Waals surface area contributed by atoms with Gasteiger partial charge in [-0.15, -0.1) is 5.10 Å². The van der Waals surface area contributed by atoms with E-state index in [1.54, 1.807) is 0 Å². The molecule has 0 bridgehead atoms. The van der Waals surface area contributed by atoms with Crippen molar-refractivity contribution in [3.63, 3.8) is 0 Å². The predicted octanol–water partition coefficient (Wildman–Crippen LogP) is 1.32. The van der Waals surface area contributed by atoms with Crippen molar-refractivity contribution in [3.8, 4) is 11.4 Å². The van der Waals surface area contributed by atoms with Crippen molar-refractivity contribution >= 4 is 21.9 Å². The fraction of sp³-hybridized carbons (Fsp3) is 0.200. The van der Waals surface area contributed by atoms with Crippen LogP contribution in [0.15, 0.2) is 24.3 Å². The molecule has 7 heteroatoms. The molecule has 0 unspecified atom stereocenters. The third kappa shape index (κ3) is 2.68. The standard InChI is InChI=1S/C10H9BrN4O2/c11-5-7-1-3-8(4-2-7)10-12-13-14-15(10)6-9(16)17/h1-4H,5-6H2,(H,16,17). The van der Waals surface area contributed by atoms with E-state index in [9.17, 15) is 4.79 Å². The topological polar surface area (TPSA) is 80.9 Å². The number of aliphatic carboxylic acids is 1. The van der Waals surface area contributed by atoms with Crippen molar-refractivity contribution in [2.45, 2.75) is 11.9 Å². The summed E-state index contributed by atoms with van der Waals surface area (Å²) in [6.07, 6.45) is 0. The third-order valence-electron chi connectivity index (χ3n) is 2.18. The van der Waals surface area contributed by atoms with E-state index in [1.165, 1.54) is 4.68 Å². The number of halogens is 1. The van der Waals surface area contributed by atoms with Crippen molar-refractivity contribution in [1.82, 2.24) is 20.2 Å². The Labute approximate surface area is 105 Å². The Hall–Kier alpha value is -1.76. The summed E-state index contributed by atoms with van der Waals surface area (Å²) in [5, 5.41) is 20.4. The molecule has 1 aromatic carbocycles. The van der Waals surface area contributed by atoms with Crippen LogP contribution in [0.5, 0.6) is 0 Å². The minimum Gasteiger partial charge on any atom is -0.480 e. The zero-order valence-corrected chi connectivity index (χ0v) is 10.3. The number of hydrogen-bond donors (Lipinski definition) is 1. The highest BCUT2D eigenvalue weighted by Gasteiger charge is 2.11. The highest BCUT2D eigenvalue weighted by molar-refractivity contribution is 9.08. The molecule has 1 N–H and O–H groups in total. The SMILES string of the molecule is O=C(O)Cn1nnnc1-c1ccc(CBr)cc1. The molecule has 0 radical (unpaired) electrons. The average molecular weight is 297 g/mol. The molecule has 0 saturated heterocycles. The molecule has 2 aromatic rings. The van der Waals surface area contributed by atoms with Crippen LogP contribution < -0.4 is 0 Å². The van der Waals surface area contributed by atoms with Gasteiger partial charge in [0.1, 0.15) is 6.54 Å². The quantitative estimate of drug-likeness (QED) is 0.861. The van der Waals surface area contributed by atoms with E-state index in [-0.39, 0.29) is 6.54 Å². The van der Waals surface area contributed by atoms with Gasteiger partial charge in [0.2, 0.25) is 0 Å². The summed E-state index contributed by atoms with van der Waals surface area (Å²) in [6, 6.07) is 7.59. The lowest BCUT2D eigenvalue weighted by Gasteiger charge is -2.02. The van der Waals surface area contributed by atoms with Crippen molar-refractivity contribution in [1.29, 1.82) is 0 Å². The van der Waals surface area contributed by atoms with Gasteiger partial charge in [0.15, 0.2) is 5.82 Å². The van der Waals surface area contributed by atoms with Crippen LogP contribution in [-0.2, 0) is 16.7 Å². The zero-order chi connectivity index (χ0) is 12.3. The van der Waals surface area contributed by atoms with Crippen LogP contribution in [0.1, 0.15) is 5.56 Å². The van der Waals surface area contributed by atoms with E-state index in [0.717, 1.165) is 16.5 Å². The first-order valence-electron chi connectivity index (χ1n) is 4.84. The monoisotopic (exact) mass is 296 g/mol. The summed E-state index contributed by atoms with van der Waals surface area (Å²) >= 11 is 3.35. The minimum atomic E-state index is -0.976. The lowest BCUT2D eigenvalue weighted by molar-refractivity contribution is -0.137. The van der Waals surface area contributed by atoms with Gasteiger partial charge < -0.3 is 5.11 Å². The van der Waals surface area contributed by atoms with Crippen LogP contribution in [0.4, 0.5) is 0 Å². The number of nitrogens with zero attached hydrogens (tertiary/aromatic N) is 4. The lowest BCUT2D eigenvalue weighted by Crippen LogP contribution is -2.11. The van der Waals surface area contributed by atoms with Gasteiger partial charge in [-0.05, 0) is 16.0 Å². The van der Waals surface area contributed by atoms with Gasteiger partial charge in [-0.1, -0.05) is 40.2 Å². The number of benzene rings is 1. The molecular formula is C10H9BrN4O2. The molecule has 0 fully saturated rings. The van der Waals surface area contributed by atoms with Crippen LogP contribution in [0.3, 0.4) is 0 Å². The fourth-order valence-corrected chi connectivity index (χ4v) is 1.76. The molecule has 0 amide bonds. The number of carboxylic acids is 1. The zero-order valence-electron chi connectivity index (χ0n) is 8.75. The van der Waals surface area contributed by atoms with Gasteiger partial charge in [0.05, 0.1) is 0 Å². The molecule has 1 heterocycles. The van der Waals surface area contributed by atoms with Crippen LogP contribution in [0, 0.1) is 0 Å². The molecule has 88 valence electrons. The molecule has 2 rings (SSSR count). The molecule has 17 heavy (non-hydrogen) atoms. The van der Waals surface area contributed by atoms with E-state index >= 15 is 0 Å². The normalized spacial score (nSPS) is 10.4. The van der Waals surface area contributed by atoms with E-state index in [4.69, 9.17) is 5.11 Å². The van der Waals surface area contributed by atoms with Gasteiger partial charge in [-0.25, -0.2) is 4.68 Å². The molecule has 0 aliphatic heterocycles. The summed E-state index contributed by atoms with van der Waals surface area (Å²) < 4.78 is 1.26. The van der Waals surface area contributed by atoms with Crippen LogP contribution in [0.2, 0.25) is 0 Å². The van der Waals surface area contributed by atoms with Gasteiger partial charge in [-0.3, -0.25) is 4.79 Å². The summed E-state index contributed by atoms with van der Waals surface area (Å²) in [5.74, 6) is -0.524. The fourth-order valence-electron chi connectivity index (χ4n) is 1.39.